The zero-order chi connectivity index (χ0) is 19.9. The van der Waals surface area contributed by atoms with E-state index in [1.54, 1.807) is 15.6 Å². The zero-order valence-electron chi connectivity index (χ0n) is 17.2. The van der Waals surface area contributed by atoms with Crippen LogP contribution in [0.3, 0.4) is 0 Å². The summed E-state index contributed by atoms with van der Waals surface area (Å²) in [4.78, 5) is 9.38. The fourth-order valence-electron chi connectivity index (χ4n) is 2.85. The van der Waals surface area contributed by atoms with Gasteiger partial charge in [0, 0.05) is 42.5 Å². The second kappa shape index (κ2) is 12.3. The van der Waals surface area contributed by atoms with Crippen LogP contribution < -0.4 is 5.32 Å². The van der Waals surface area contributed by atoms with Crippen LogP contribution in [0.5, 0.6) is 0 Å². The molecule has 0 saturated carbocycles. The fraction of sp³-hybridized carbons (Fsp3) is 0.722. The predicted molar refractivity (Wildman–Crippen MR) is 127 cm³/mol. The third-order valence-electron chi connectivity index (χ3n) is 4.24. The van der Waals surface area contributed by atoms with Crippen molar-refractivity contribution in [3.05, 3.63) is 21.9 Å². The van der Waals surface area contributed by atoms with Gasteiger partial charge in [-0.2, -0.15) is 4.31 Å². The molecule has 1 aliphatic rings. The molecule has 0 spiro atoms. The fourth-order valence-corrected chi connectivity index (χ4v) is 4.94. The van der Waals surface area contributed by atoms with Crippen LogP contribution in [0.1, 0.15) is 30.5 Å². The Hall–Kier alpha value is -0.430. The minimum absolute atomic E-state index is 0. The third-order valence-corrected chi connectivity index (χ3v) is 7.06. The van der Waals surface area contributed by atoms with E-state index in [2.05, 4.69) is 29.3 Å². The molecule has 0 bridgehead atoms. The summed E-state index contributed by atoms with van der Waals surface area (Å²) in [5, 5.41) is 3.32. The van der Waals surface area contributed by atoms with Crippen molar-refractivity contribution in [1.29, 1.82) is 0 Å². The first kappa shape index (κ1) is 25.6. The maximum absolute atomic E-state index is 12.5. The summed E-state index contributed by atoms with van der Waals surface area (Å²) < 4.78 is 31.9. The lowest BCUT2D eigenvalue weighted by Crippen LogP contribution is -2.54. The van der Waals surface area contributed by atoms with E-state index in [1.807, 2.05) is 20.8 Å². The van der Waals surface area contributed by atoms with Crippen molar-refractivity contribution in [2.75, 3.05) is 45.1 Å². The molecule has 2 rings (SSSR count). The molecule has 28 heavy (non-hydrogen) atoms. The van der Waals surface area contributed by atoms with E-state index in [1.165, 1.54) is 9.75 Å². The van der Waals surface area contributed by atoms with Gasteiger partial charge in [0.2, 0.25) is 10.0 Å². The Morgan fingerprint density at radius 3 is 2.50 bits per heavy atom. The second-order valence-corrected chi connectivity index (χ2v) is 10.3. The van der Waals surface area contributed by atoms with Gasteiger partial charge in [0.15, 0.2) is 5.96 Å². The number of rotatable bonds is 8. The topological polar surface area (TPSA) is 74.2 Å². The molecule has 0 aliphatic carbocycles. The lowest BCUT2D eigenvalue weighted by molar-refractivity contribution is 0.0904. The van der Waals surface area contributed by atoms with Gasteiger partial charge in [-0.25, -0.2) is 13.4 Å². The summed E-state index contributed by atoms with van der Waals surface area (Å²) in [5.74, 6) is 0.889. The average Bonchev–Trinajstić information content (AvgIpc) is 3.03. The molecule has 1 N–H and O–H groups in total. The van der Waals surface area contributed by atoms with E-state index in [0.29, 0.717) is 32.7 Å². The number of ether oxygens (including phenoxy) is 1. The Bertz CT molecular complexity index is 714. The molecule has 1 fully saturated rings. The van der Waals surface area contributed by atoms with E-state index in [9.17, 15) is 8.42 Å². The van der Waals surface area contributed by atoms with Crippen LogP contribution in [0.2, 0.25) is 0 Å². The number of piperazine rings is 1. The maximum Gasteiger partial charge on any atom is 0.216 e. The van der Waals surface area contributed by atoms with Crippen molar-refractivity contribution in [2.45, 2.75) is 40.3 Å². The first-order chi connectivity index (χ1) is 12.8. The quantitative estimate of drug-likeness (QED) is 0.310. The molecule has 0 unspecified atom stereocenters. The van der Waals surface area contributed by atoms with E-state index >= 15 is 0 Å². The molecule has 10 heteroatoms. The molecular weight excluding hydrogens is 511 g/mol. The standard InChI is InChI=1S/C18H32N4O3S2.HI/c1-5-19-18(20-14-17-7-6-16(4)26-17)21-8-10-22(11-9-21)27(23,24)13-12-25-15(2)3;/h6-7,15H,5,8-14H2,1-4H3,(H,19,20);1H. The molecule has 1 saturated heterocycles. The Morgan fingerprint density at radius 2 is 1.96 bits per heavy atom. The van der Waals surface area contributed by atoms with Gasteiger partial charge in [0.25, 0.3) is 0 Å². The molecule has 1 aromatic rings. The number of guanidine groups is 1. The maximum atomic E-state index is 12.5. The van der Waals surface area contributed by atoms with Gasteiger partial charge in [-0.3, -0.25) is 0 Å². The van der Waals surface area contributed by atoms with Crippen LogP contribution in [-0.4, -0.2) is 74.8 Å². The summed E-state index contributed by atoms with van der Waals surface area (Å²) in [6, 6.07) is 4.21. The Kier molecular flexibility index (Phi) is 11.3. The van der Waals surface area contributed by atoms with Crippen molar-refractivity contribution >= 4 is 51.3 Å². The number of thiophene rings is 1. The molecule has 0 radical (unpaired) electrons. The highest BCUT2D eigenvalue weighted by Crippen LogP contribution is 2.16. The average molecular weight is 545 g/mol. The molecular formula is C18H33IN4O3S2. The van der Waals surface area contributed by atoms with Crippen molar-refractivity contribution < 1.29 is 13.2 Å². The van der Waals surface area contributed by atoms with E-state index in [0.717, 1.165) is 12.5 Å². The summed E-state index contributed by atoms with van der Waals surface area (Å²) >= 11 is 1.75. The number of aryl methyl sites for hydroxylation is 1. The first-order valence-corrected chi connectivity index (χ1v) is 11.9. The van der Waals surface area contributed by atoms with Crippen molar-refractivity contribution in [2.24, 2.45) is 4.99 Å². The van der Waals surface area contributed by atoms with Crippen LogP contribution in [0.15, 0.2) is 17.1 Å². The Balaban J connectivity index is 0.00000392. The lowest BCUT2D eigenvalue weighted by Gasteiger charge is -2.35. The van der Waals surface area contributed by atoms with Gasteiger partial charge in [-0.15, -0.1) is 35.3 Å². The number of halogens is 1. The summed E-state index contributed by atoms with van der Waals surface area (Å²) in [5.41, 5.74) is 0. The number of hydrogen-bond acceptors (Lipinski definition) is 5. The van der Waals surface area contributed by atoms with E-state index < -0.39 is 10.0 Å². The minimum Gasteiger partial charge on any atom is -0.378 e. The van der Waals surface area contributed by atoms with Crippen LogP contribution in [-0.2, 0) is 21.3 Å². The summed E-state index contributed by atoms with van der Waals surface area (Å²) in [6.45, 7) is 11.9. The number of aliphatic imine (C=N–C) groups is 1. The zero-order valence-corrected chi connectivity index (χ0v) is 21.1. The van der Waals surface area contributed by atoms with Gasteiger partial charge < -0.3 is 15.0 Å². The highest BCUT2D eigenvalue weighted by molar-refractivity contribution is 14.0. The van der Waals surface area contributed by atoms with Gasteiger partial charge in [0.1, 0.15) is 0 Å². The SMILES string of the molecule is CCNC(=NCc1ccc(C)s1)N1CCN(S(=O)(=O)CCOC(C)C)CC1.I. The molecule has 1 aromatic heterocycles. The number of nitrogens with zero attached hydrogens (tertiary/aromatic N) is 3. The summed E-state index contributed by atoms with van der Waals surface area (Å²) in [6.07, 6.45) is 0.0445. The Morgan fingerprint density at radius 1 is 1.29 bits per heavy atom. The van der Waals surface area contributed by atoms with E-state index in [4.69, 9.17) is 9.73 Å². The van der Waals surface area contributed by atoms with E-state index in [-0.39, 0.29) is 42.4 Å². The number of nitrogens with one attached hydrogen (secondary N) is 1. The van der Waals surface area contributed by atoms with Gasteiger partial charge in [0.05, 0.1) is 25.0 Å². The van der Waals surface area contributed by atoms with Gasteiger partial charge >= 0.3 is 0 Å². The van der Waals surface area contributed by atoms with Crippen LogP contribution in [0.25, 0.3) is 0 Å². The number of sulfonamides is 1. The van der Waals surface area contributed by atoms with Crippen LogP contribution in [0, 0.1) is 6.92 Å². The molecule has 0 aromatic carbocycles. The van der Waals surface area contributed by atoms with Crippen LogP contribution >= 0.6 is 35.3 Å². The smallest absolute Gasteiger partial charge is 0.216 e. The van der Waals surface area contributed by atoms with Gasteiger partial charge in [-0.05, 0) is 39.8 Å². The molecule has 162 valence electrons. The normalized spacial score (nSPS) is 16.3. The lowest BCUT2D eigenvalue weighted by atomic mass is 10.4. The summed E-state index contributed by atoms with van der Waals surface area (Å²) in [7, 11) is -3.27. The molecule has 0 atom stereocenters. The third kappa shape index (κ3) is 8.13. The van der Waals surface area contributed by atoms with Crippen molar-refractivity contribution in [1.82, 2.24) is 14.5 Å². The largest absolute Gasteiger partial charge is 0.378 e. The second-order valence-electron chi connectivity index (χ2n) is 6.80. The van der Waals surface area contributed by atoms with Crippen molar-refractivity contribution in [3.8, 4) is 0 Å². The minimum atomic E-state index is -3.27. The number of hydrogen-bond donors (Lipinski definition) is 1. The molecule has 2 heterocycles. The molecule has 1 aliphatic heterocycles. The van der Waals surface area contributed by atoms with Crippen LogP contribution in [0.4, 0.5) is 0 Å². The Labute approximate surface area is 190 Å². The monoisotopic (exact) mass is 544 g/mol. The predicted octanol–water partition coefficient (Wildman–Crippen LogP) is 2.51. The molecule has 7 nitrogen and oxygen atoms in total. The highest BCUT2D eigenvalue weighted by atomic mass is 127. The molecule has 0 amide bonds. The highest BCUT2D eigenvalue weighted by Gasteiger charge is 2.28. The van der Waals surface area contributed by atoms with Gasteiger partial charge in [-0.1, -0.05) is 0 Å². The first-order valence-electron chi connectivity index (χ1n) is 9.50. The van der Waals surface area contributed by atoms with Crippen molar-refractivity contribution in [3.63, 3.8) is 0 Å².